The van der Waals surface area contributed by atoms with Crippen molar-refractivity contribution in [2.24, 2.45) is 0 Å². The molecule has 2 nitrogen and oxygen atoms in total. The van der Waals surface area contributed by atoms with E-state index in [1.807, 2.05) is 0 Å². The molecule has 0 radical (unpaired) electrons. The quantitative estimate of drug-likeness (QED) is 0.828. The molecule has 1 unspecified atom stereocenters. The van der Waals surface area contributed by atoms with Crippen molar-refractivity contribution in [3.63, 3.8) is 0 Å². The molecule has 1 saturated heterocycles. The van der Waals surface area contributed by atoms with Gasteiger partial charge in [-0.25, -0.2) is 8.78 Å². The van der Waals surface area contributed by atoms with Gasteiger partial charge in [-0.2, -0.15) is 0 Å². The number of ether oxygens (including phenoxy) is 1. The minimum atomic E-state index is -0.921. The number of carbonyl (C=O) groups is 1. The van der Waals surface area contributed by atoms with Gasteiger partial charge in [0.25, 0.3) is 0 Å². The van der Waals surface area contributed by atoms with E-state index in [0.29, 0.717) is 18.6 Å². The molecule has 1 heterocycles. The summed E-state index contributed by atoms with van der Waals surface area (Å²) in [6.07, 6.45) is 2.69. The molecule has 1 aliphatic heterocycles. The van der Waals surface area contributed by atoms with E-state index in [9.17, 15) is 13.6 Å². The molecular formula is C14H16F2O2. The summed E-state index contributed by atoms with van der Waals surface area (Å²) in [5.41, 5.74) is -0.294. The van der Waals surface area contributed by atoms with Gasteiger partial charge >= 0.3 is 0 Å². The van der Waals surface area contributed by atoms with Crippen molar-refractivity contribution in [2.45, 2.75) is 38.2 Å². The van der Waals surface area contributed by atoms with Gasteiger partial charge in [0.1, 0.15) is 5.60 Å². The summed E-state index contributed by atoms with van der Waals surface area (Å²) < 4.78 is 31.4. The van der Waals surface area contributed by atoms with Gasteiger partial charge in [0.2, 0.25) is 0 Å². The molecule has 0 saturated carbocycles. The van der Waals surface area contributed by atoms with Crippen molar-refractivity contribution in [2.75, 3.05) is 6.61 Å². The van der Waals surface area contributed by atoms with Crippen molar-refractivity contribution < 1.29 is 18.3 Å². The van der Waals surface area contributed by atoms with Crippen molar-refractivity contribution in [1.82, 2.24) is 0 Å². The molecule has 1 aromatic rings. The van der Waals surface area contributed by atoms with Gasteiger partial charge < -0.3 is 4.74 Å². The number of ketones is 1. The smallest absolute Gasteiger partial charge is 0.168 e. The molecule has 4 heteroatoms. The minimum absolute atomic E-state index is 0.0757. The highest BCUT2D eigenvalue weighted by Crippen LogP contribution is 2.26. The SMILES string of the molecule is CC1(C(=O)Cc2ccc(F)c(F)c2)CCCCO1. The lowest BCUT2D eigenvalue weighted by atomic mass is 9.88. The first-order valence-electron chi connectivity index (χ1n) is 6.12. The third kappa shape index (κ3) is 2.75. The highest BCUT2D eigenvalue weighted by molar-refractivity contribution is 5.88. The van der Waals surface area contributed by atoms with Gasteiger partial charge in [-0.15, -0.1) is 0 Å². The topological polar surface area (TPSA) is 26.3 Å². The van der Waals surface area contributed by atoms with E-state index >= 15 is 0 Å². The van der Waals surface area contributed by atoms with E-state index in [2.05, 4.69) is 0 Å². The summed E-state index contributed by atoms with van der Waals surface area (Å²) in [5, 5.41) is 0. The summed E-state index contributed by atoms with van der Waals surface area (Å²) in [7, 11) is 0. The lowest BCUT2D eigenvalue weighted by Crippen LogP contribution is -2.42. The molecule has 2 rings (SSSR count). The first kappa shape index (κ1) is 13.1. The largest absolute Gasteiger partial charge is 0.367 e. The molecule has 0 N–H and O–H groups in total. The second-order valence-electron chi connectivity index (χ2n) is 4.88. The predicted octanol–water partition coefficient (Wildman–Crippen LogP) is 3.04. The number of carbonyl (C=O) groups excluding carboxylic acids is 1. The van der Waals surface area contributed by atoms with E-state index in [-0.39, 0.29) is 12.2 Å². The van der Waals surface area contributed by atoms with Crippen LogP contribution in [0.5, 0.6) is 0 Å². The van der Waals surface area contributed by atoms with Gasteiger partial charge in [-0.1, -0.05) is 6.07 Å². The van der Waals surface area contributed by atoms with Crippen LogP contribution in [-0.4, -0.2) is 18.0 Å². The molecule has 0 aliphatic carbocycles. The van der Waals surface area contributed by atoms with E-state index in [0.717, 1.165) is 25.0 Å². The summed E-state index contributed by atoms with van der Waals surface area (Å²) in [4.78, 5) is 12.1. The highest BCUT2D eigenvalue weighted by atomic mass is 19.2. The lowest BCUT2D eigenvalue weighted by molar-refractivity contribution is -0.147. The predicted molar refractivity (Wildman–Crippen MR) is 63.3 cm³/mol. The number of Topliss-reactive ketones (excluding diaryl/α,β-unsaturated/α-hetero) is 1. The maximum atomic E-state index is 13.0. The first-order valence-corrected chi connectivity index (χ1v) is 6.12. The molecule has 1 aromatic carbocycles. The van der Waals surface area contributed by atoms with Crippen LogP contribution in [0.3, 0.4) is 0 Å². The molecule has 0 amide bonds. The van der Waals surface area contributed by atoms with Crippen LogP contribution in [0, 0.1) is 11.6 Å². The highest BCUT2D eigenvalue weighted by Gasteiger charge is 2.35. The standard InChI is InChI=1S/C14H16F2O2/c1-14(6-2-3-7-18-14)13(17)9-10-4-5-11(15)12(16)8-10/h4-5,8H,2-3,6-7,9H2,1H3. The van der Waals surface area contributed by atoms with Crippen LogP contribution in [0.1, 0.15) is 31.7 Å². The van der Waals surface area contributed by atoms with Crippen molar-refractivity contribution in [1.29, 1.82) is 0 Å². The fourth-order valence-electron chi connectivity index (χ4n) is 2.18. The van der Waals surface area contributed by atoms with Gasteiger partial charge in [0.15, 0.2) is 17.4 Å². The second-order valence-corrected chi connectivity index (χ2v) is 4.88. The Kier molecular flexibility index (Phi) is 3.76. The Morgan fingerprint density at radius 2 is 2.11 bits per heavy atom. The van der Waals surface area contributed by atoms with Gasteiger partial charge in [0.05, 0.1) is 0 Å². The monoisotopic (exact) mass is 254 g/mol. The molecule has 1 atom stereocenters. The molecule has 0 bridgehead atoms. The molecule has 0 spiro atoms. The van der Waals surface area contributed by atoms with Gasteiger partial charge in [-0.3, -0.25) is 4.79 Å². The van der Waals surface area contributed by atoms with E-state index in [1.165, 1.54) is 6.07 Å². The lowest BCUT2D eigenvalue weighted by Gasteiger charge is -2.32. The second kappa shape index (κ2) is 5.14. The van der Waals surface area contributed by atoms with E-state index in [4.69, 9.17) is 4.74 Å². The average molecular weight is 254 g/mol. The number of benzene rings is 1. The van der Waals surface area contributed by atoms with Crippen molar-refractivity contribution in [3.8, 4) is 0 Å². The van der Waals surface area contributed by atoms with Crippen molar-refractivity contribution >= 4 is 5.78 Å². The first-order chi connectivity index (χ1) is 8.51. The van der Waals surface area contributed by atoms with Crippen LogP contribution in [0.2, 0.25) is 0 Å². The van der Waals surface area contributed by atoms with Crippen LogP contribution in [0.15, 0.2) is 18.2 Å². The van der Waals surface area contributed by atoms with Gasteiger partial charge in [-0.05, 0) is 43.9 Å². The third-order valence-corrected chi connectivity index (χ3v) is 3.41. The Bertz CT molecular complexity index is 451. The zero-order valence-electron chi connectivity index (χ0n) is 10.3. The van der Waals surface area contributed by atoms with Crippen LogP contribution >= 0.6 is 0 Å². The Labute approximate surface area is 105 Å². The minimum Gasteiger partial charge on any atom is -0.367 e. The van der Waals surface area contributed by atoms with Crippen molar-refractivity contribution in [3.05, 3.63) is 35.4 Å². The van der Waals surface area contributed by atoms with Gasteiger partial charge in [0, 0.05) is 13.0 Å². The zero-order chi connectivity index (χ0) is 13.2. The fraction of sp³-hybridized carbons (Fsp3) is 0.500. The Hall–Kier alpha value is -1.29. The van der Waals surface area contributed by atoms with Crippen LogP contribution in [-0.2, 0) is 16.0 Å². The van der Waals surface area contributed by atoms with Crippen LogP contribution in [0.4, 0.5) is 8.78 Å². The average Bonchev–Trinajstić information content (AvgIpc) is 2.35. The summed E-state index contributed by atoms with van der Waals surface area (Å²) >= 11 is 0. The molecule has 0 aromatic heterocycles. The number of halogens is 2. The fourth-order valence-corrected chi connectivity index (χ4v) is 2.18. The van der Waals surface area contributed by atoms with Crippen LogP contribution in [0.25, 0.3) is 0 Å². The van der Waals surface area contributed by atoms with E-state index in [1.54, 1.807) is 6.92 Å². The summed E-state index contributed by atoms with van der Waals surface area (Å²) in [6, 6.07) is 3.55. The molecule has 1 aliphatic rings. The summed E-state index contributed by atoms with van der Waals surface area (Å²) in [6.45, 7) is 2.36. The van der Waals surface area contributed by atoms with Crippen LogP contribution < -0.4 is 0 Å². The molecular weight excluding hydrogens is 238 g/mol. The van der Waals surface area contributed by atoms with E-state index < -0.39 is 17.2 Å². The molecule has 98 valence electrons. The number of hydrogen-bond acceptors (Lipinski definition) is 2. The zero-order valence-corrected chi connectivity index (χ0v) is 10.3. The molecule has 1 fully saturated rings. The Morgan fingerprint density at radius 1 is 1.33 bits per heavy atom. The molecule has 18 heavy (non-hydrogen) atoms. The number of hydrogen-bond donors (Lipinski definition) is 0. The Morgan fingerprint density at radius 3 is 2.72 bits per heavy atom. The number of rotatable bonds is 3. The maximum absolute atomic E-state index is 13.0. The normalized spacial score (nSPS) is 23.9. The summed E-state index contributed by atoms with van der Waals surface area (Å²) in [5.74, 6) is -1.89. The third-order valence-electron chi connectivity index (χ3n) is 3.41. The Balaban J connectivity index is 2.08. The maximum Gasteiger partial charge on any atom is 0.168 e.